The van der Waals surface area contributed by atoms with Crippen LogP contribution in [0.15, 0.2) is 67.0 Å². The lowest BCUT2D eigenvalue weighted by molar-refractivity contribution is -0.108. The summed E-state index contributed by atoms with van der Waals surface area (Å²) in [4.78, 5) is 43.0. The number of hydrogen-bond acceptors (Lipinski definition) is 4. The van der Waals surface area contributed by atoms with Gasteiger partial charge < -0.3 is 9.80 Å². The number of hydrogen-bond donors (Lipinski definition) is 1. The molecule has 8 heteroatoms. The number of aromatic nitrogens is 1. The molecule has 0 saturated heterocycles. The number of rotatable bonds is 6. The Bertz CT molecular complexity index is 1150. The number of pyridine rings is 1. The highest BCUT2D eigenvalue weighted by Gasteiger charge is 2.32. The molecule has 4 amide bonds. The number of halogens is 1. The van der Waals surface area contributed by atoms with E-state index in [0.717, 1.165) is 22.3 Å². The fourth-order valence-corrected chi connectivity index (χ4v) is 3.88. The first kappa shape index (κ1) is 21.2. The van der Waals surface area contributed by atoms with E-state index in [9.17, 15) is 18.8 Å². The zero-order chi connectivity index (χ0) is 22.7. The highest BCUT2D eigenvalue weighted by molar-refractivity contribution is 5.98. The molecule has 0 bridgehead atoms. The molecule has 1 atom stereocenters. The topological polar surface area (TPSA) is 82.6 Å². The van der Waals surface area contributed by atoms with E-state index in [2.05, 4.69) is 10.3 Å². The molecule has 162 valence electrons. The van der Waals surface area contributed by atoms with Crippen molar-refractivity contribution in [3.8, 4) is 11.1 Å². The summed E-state index contributed by atoms with van der Waals surface area (Å²) in [5.41, 5.74) is 3.85. The molecule has 1 N–H and O–H groups in total. The average Bonchev–Trinajstić information content (AvgIpc) is 3.12. The van der Waals surface area contributed by atoms with Crippen LogP contribution in [0.5, 0.6) is 0 Å². The lowest BCUT2D eigenvalue weighted by Crippen LogP contribution is -2.43. The number of likely N-dealkylation sites (N-methyl/N-ethyl adjacent to an activating group) is 1. The zero-order valence-electron chi connectivity index (χ0n) is 17.4. The second-order valence-corrected chi connectivity index (χ2v) is 7.54. The second kappa shape index (κ2) is 8.97. The smallest absolute Gasteiger partial charge is 0.324 e. The van der Waals surface area contributed by atoms with E-state index in [1.807, 2.05) is 36.4 Å². The Balaban J connectivity index is 1.62. The van der Waals surface area contributed by atoms with Crippen molar-refractivity contribution in [3.63, 3.8) is 0 Å². The third kappa shape index (κ3) is 4.20. The van der Waals surface area contributed by atoms with Crippen LogP contribution in [0, 0.1) is 5.82 Å². The summed E-state index contributed by atoms with van der Waals surface area (Å²) >= 11 is 0. The second-order valence-electron chi connectivity index (χ2n) is 7.54. The summed E-state index contributed by atoms with van der Waals surface area (Å²) in [7, 11) is 1.56. The summed E-state index contributed by atoms with van der Waals surface area (Å²) < 4.78 is 13.6. The van der Waals surface area contributed by atoms with Crippen molar-refractivity contribution in [3.05, 3.63) is 89.5 Å². The number of carbonyl (C=O) groups is 3. The zero-order valence-corrected chi connectivity index (χ0v) is 17.4. The van der Waals surface area contributed by atoms with Crippen LogP contribution >= 0.6 is 0 Å². The molecule has 7 nitrogen and oxygen atoms in total. The third-order valence-corrected chi connectivity index (χ3v) is 5.62. The van der Waals surface area contributed by atoms with Crippen LogP contribution < -0.4 is 5.32 Å². The average molecular weight is 432 g/mol. The first-order valence-electron chi connectivity index (χ1n) is 10.0. The Hall–Kier alpha value is -4.07. The highest BCUT2D eigenvalue weighted by Crippen LogP contribution is 2.29. The van der Waals surface area contributed by atoms with Crippen LogP contribution in [0.3, 0.4) is 0 Å². The first-order chi connectivity index (χ1) is 15.5. The standard InChI is InChI=1S/C24H21FN4O3/c1-28(24(32)27-15-30)22(14-29-13-19-6-7-20(25)12-21(19)23(29)31)18-4-2-16(3-5-18)17-8-10-26-11-9-17/h2-12,15,22H,13-14H2,1H3,(H,27,30,32)/t22-/m0/s1. The van der Waals surface area contributed by atoms with Crippen molar-refractivity contribution in [2.75, 3.05) is 13.6 Å². The van der Waals surface area contributed by atoms with Gasteiger partial charge in [-0.1, -0.05) is 30.3 Å². The van der Waals surface area contributed by atoms with Crippen LogP contribution in [0.1, 0.15) is 27.5 Å². The number of fused-ring (bicyclic) bond motifs is 1. The van der Waals surface area contributed by atoms with Gasteiger partial charge in [-0.05, 0) is 46.5 Å². The van der Waals surface area contributed by atoms with Gasteiger partial charge in [0.2, 0.25) is 6.41 Å². The molecular weight excluding hydrogens is 411 g/mol. The molecular formula is C24H21FN4O3. The number of nitrogens with zero attached hydrogens (tertiary/aromatic N) is 3. The lowest BCUT2D eigenvalue weighted by Gasteiger charge is -2.31. The van der Waals surface area contributed by atoms with Gasteiger partial charge in [0, 0.05) is 38.1 Å². The number of nitrogens with one attached hydrogen (secondary N) is 1. The maximum absolute atomic E-state index is 13.6. The minimum atomic E-state index is -0.585. The first-order valence-corrected chi connectivity index (χ1v) is 10.0. The molecule has 1 aliphatic rings. The molecule has 2 heterocycles. The normalized spacial score (nSPS) is 13.4. The Morgan fingerprint density at radius 2 is 1.84 bits per heavy atom. The van der Waals surface area contributed by atoms with Crippen LogP contribution in [0.2, 0.25) is 0 Å². The van der Waals surface area contributed by atoms with Crippen LogP contribution in [-0.2, 0) is 11.3 Å². The van der Waals surface area contributed by atoms with Gasteiger partial charge in [-0.3, -0.25) is 19.9 Å². The molecule has 32 heavy (non-hydrogen) atoms. The molecule has 0 aliphatic carbocycles. The summed E-state index contributed by atoms with van der Waals surface area (Å²) in [5.74, 6) is -0.758. The van der Waals surface area contributed by atoms with Gasteiger partial charge in [0.05, 0.1) is 6.04 Å². The largest absolute Gasteiger partial charge is 0.332 e. The monoisotopic (exact) mass is 432 g/mol. The number of carbonyl (C=O) groups excluding carboxylic acids is 3. The van der Waals surface area contributed by atoms with Gasteiger partial charge >= 0.3 is 6.03 Å². The SMILES string of the molecule is CN(C(=O)NC=O)[C@@H](CN1Cc2ccc(F)cc2C1=O)c1ccc(-c2ccncc2)cc1. The van der Waals surface area contributed by atoms with Crippen LogP contribution in [-0.4, -0.2) is 46.7 Å². The number of urea groups is 1. The Morgan fingerprint density at radius 3 is 2.53 bits per heavy atom. The minimum Gasteiger partial charge on any atom is -0.332 e. The summed E-state index contributed by atoms with van der Waals surface area (Å²) in [5, 5.41) is 2.14. The van der Waals surface area contributed by atoms with Crippen molar-refractivity contribution in [2.45, 2.75) is 12.6 Å². The Labute approximate surface area is 184 Å². The number of benzene rings is 2. The van der Waals surface area contributed by atoms with Crippen molar-refractivity contribution in [1.29, 1.82) is 0 Å². The summed E-state index contributed by atoms with van der Waals surface area (Å²) in [6.07, 6.45) is 3.74. The Morgan fingerprint density at radius 1 is 1.16 bits per heavy atom. The van der Waals surface area contributed by atoms with E-state index >= 15 is 0 Å². The molecule has 3 aromatic rings. The summed E-state index contributed by atoms with van der Waals surface area (Å²) in [6, 6.07) is 14.5. The van der Waals surface area contributed by atoms with Crippen LogP contribution in [0.4, 0.5) is 9.18 Å². The van der Waals surface area contributed by atoms with E-state index in [4.69, 9.17) is 0 Å². The lowest BCUT2D eigenvalue weighted by atomic mass is 10.0. The van der Waals surface area contributed by atoms with E-state index in [1.165, 1.54) is 17.0 Å². The van der Waals surface area contributed by atoms with Gasteiger partial charge in [-0.15, -0.1) is 0 Å². The van der Waals surface area contributed by atoms with Gasteiger partial charge in [-0.2, -0.15) is 0 Å². The fourth-order valence-electron chi connectivity index (χ4n) is 3.88. The molecule has 0 spiro atoms. The fraction of sp³-hybridized carbons (Fsp3) is 0.167. The van der Waals surface area contributed by atoms with Gasteiger partial charge in [0.15, 0.2) is 0 Å². The molecule has 4 rings (SSSR count). The predicted molar refractivity (Wildman–Crippen MR) is 116 cm³/mol. The van der Waals surface area contributed by atoms with Crippen molar-refractivity contribution >= 4 is 18.3 Å². The quantitative estimate of drug-likeness (QED) is 0.606. The van der Waals surface area contributed by atoms with E-state index in [-0.39, 0.29) is 12.5 Å². The van der Waals surface area contributed by atoms with E-state index < -0.39 is 17.9 Å². The predicted octanol–water partition coefficient (Wildman–Crippen LogP) is 3.38. The van der Waals surface area contributed by atoms with Gasteiger partial charge in [0.1, 0.15) is 5.82 Å². The molecule has 0 unspecified atom stereocenters. The van der Waals surface area contributed by atoms with Gasteiger partial charge in [-0.25, -0.2) is 9.18 Å². The molecule has 0 saturated carbocycles. The van der Waals surface area contributed by atoms with E-state index in [0.29, 0.717) is 18.5 Å². The highest BCUT2D eigenvalue weighted by atomic mass is 19.1. The maximum atomic E-state index is 13.6. The van der Waals surface area contributed by atoms with E-state index in [1.54, 1.807) is 30.4 Å². The van der Waals surface area contributed by atoms with Crippen molar-refractivity contribution in [1.82, 2.24) is 20.1 Å². The molecule has 0 fully saturated rings. The third-order valence-electron chi connectivity index (χ3n) is 5.62. The number of amides is 4. The molecule has 1 aromatic heterocycles. The Kier molecular flexibility index (Phi) is 5.93. The molecule has 2 aromatic carbocycles. The van der Waals surface area contributed by atoms with Crippen molar-refractivity contribution in [2.24, 2.45) is 0 Å². The molecule has 1 aliphatic heterocycles. The molecule has 0 radical (unpaired) electrons. The minimum absolute atomic E-state index is 0.187. The van der Waals surface area contributed by atoms with Crippen molar-refractivity contribution < 1.29 is 18.8 Å². The number of imide groups is 1. The van der Waals surface area contributed by atoms with Crippen LogP contribution in [0.25, 0.3) is 11.1 Å². The summed E-state index contributed by atoms with van der Waals surface area (Å²) in [6.45, 7) is 0.510. The maximum Gasteiger partial charge on any atom is 0.324 e. The van der Waals surface area contributed by atoms with Gasteiger partial charge in [0.25, 0.3) is 5.91 Å².